The molecule has 1 aromatic rings. The zero-order chi connectivity index (χ0) is 15.5. The van der Waals surface area contributed by atoms with Gasteiger partial charge in [-0.3, -0.25) is 0 Å². The predicted molar refractivity (Wildman–Crippen MR) is 92.8 cm³/mol. The second-order valence-corrected chi connectivity index (χ2v) is 8.11. The molecule has 0 aliphatic carbocycles. The molecule has 0 aromatic heterocycles. The fourth-order valence-corrected chi connectivity index (χ4v) is 4.48. The summed E-state index contributed by atoms with van der Waals surface area (Å²) in [6.07, 6.45) is 3.87. The highest BCUT2D eigenvalue weighted by Crippen LogP contribution is 2.25. The Hall–Kier alpha value is -0.620. The third-order valence-electron chi connectivity index (χ3n) is 4.14. The highest BCUT2D eigenvalue weighted by Gasteiger charge is 2.34. The lowest BCUT2D eigenvalue weighted by Gasteiger charge is -2.22. The third kappa shape index (κ3) is 4.44. The van der Waals surface area contributed by atoms with Gasteiger partial charge >= 0.3 is 0 Å². The van der Waals surface area contributed by atoms with Crippen molar-refractivity contribution >= 4 is 22.4 Å². The van der Waals surface area contributed by atoms with E-state index < -0.39 is 10.0 Å². The van der Waals surface area contributed by atoms with E-state index in [1.807, 2.05) is 12.1 Å². The maximum absolute atomic E-state index is 12.7. The molecular weight excluding hydrogens is 320 g/mol. The first kappa shape index (κ1) is 19.4. The van der Waals surface area contributed by atoms with Crippen LogP contribution < -0.4 is 5.73 Å². The molecule has 1 aromatic carbocycles. The van der Waals surface area contributed by atoms with Gasteiger partial charge in [0.1, 0.15) is 0 Å². The molecule has 0 amide bonds. The largest absolute Gasteiger partial charge is 0.329 e. The second kappa shape index (κ2) is 8.29. The molecule has 0 bridgehead atoms. The number of nitrogens with zero attached hydrogens (tertiary/aromatic N) is 1. The average molecular weight is 347 g/mol. The summed E-state index contributed by atoms with van der Waals surface area (Å²) in [5.41, 5.74) is 6.88. The SMILES string of the molecule is CC(C)CCc1ccc(S(=O)(=O)N2CCCC2CN)cc1.Cl. The Kier molecular flexibility index (Phi) is 7.32. The Labute approximate surface area is 140 Å². The molecule has 0 saturated carbocycles. The Morgan fingerprint density at radius 3 is 2.45 bits per heavy atom. The van der Waals surface area contributed by atoms with Crippen molar-refractivity contribution in [3.63, 3.8) is 0 Å². The second-order valence-electron chi connectivity index (χ2n) is 6.22. The first-order valence-electron chi connectivity index (χ1n) is 7.76. The van der Waals surface area contributed by atoms with Crippen LogP contribution >= 0.6 is 12.4 Å². The van der Waals surface area contributed by atoms with Crippen molar-refractivity contribution < 1.29 is 8.42 Å². The summed E-state index contributed by atoms with van der Waals surface area (Å²) in [5.74, 6) is 0.656. The zero-order valence-corrected chi connectivity index (χ0v) is 15.0. The molecule has 6 heteroatoms. The van der Waals surface area contributed by atoms with Gasteiger partial charge in [0.2, 0.25) is 10.0 Å². The van der Waals surface area contributed by atoms with Crippen molar-refractivity contribution in [1.29, 1.82) is 0 Å². The molecule has 1 aliphatic rings. The summed E-state index contributed by atoms with van der Waals surface area (Å²) in [7, 11) is -3.39. The van der Waals surface area contributed by atoms with Crippen LogP contribution in [0.1, 0.15) is 38.7 Å². The number of sulfonamides is 1. The quantitative estimate of drug-likeness (QED) is 0.861. The Bertz CT molecular complexity index is 558. The number of aryl methyl sites for hydroxylation is 1. The molecule has 126 valence electrons. The number of hydrogen-bond donors (Lipinski definition) is 1. The van der Waals surface area contributed by atoms with Gasteiger partial charge < -0.3 is 5.73 Å². The Balaban J connectivity index is 0.00000242. The standard InChI is InChI=1S/C16H26N2O2S.ClH/c1-13(2)5-6-14-7-9-16(10-8-14)21(19,20)18-11-3-4-15(18)12-17;/h7-10,13,15H,3-6,11-12,17H2,1-2H3;1H. The van der Waals surface area contributed by atoms with Crippen molar-refractivity contribution in [2.24, 2.45) is 11.7 Å². The molecule has 1 unspecified atom stereocenters. The summed E-state index contributed by atoms with van der Waals surface area (Å²) < 4.78 is 26.9. The molecule has 1 aliphatic heterocycles. The first-order valence-corrected chi connectivity index (χ1v) is 9.20. The highest BCUT2D eigenvalue weighted by molar-refractivity contribution is 7.89. The van der Waals surface area contributed by atoms with E-state index in [4.69, 9.17) is 5.73 Å². The number of nitrogens with two attached hydrogens (primary N) is 1. The summed E-state index contributed by atoms with van der Waals surface area (Å²) >= 11 is 0. The minimum Gasteiger partial charge on any atom is -0.329 e. The third-order valence-corrected chi connectivity index (χ3v) is 6.10. The number of benzene rings is 1. The molecule has 0 spiro atoms. The number of rotatable bonds is 6. The van der Waals surface area contributed by atoms with E-state index >= 15 is 0 Å². The molecule has 1 heterocycles. The topological polar surface area (TPSA) is 63.4 Å². The normalized spacial score (nSPS) is 19.4. The fourth-order valence-electron chi connectivity index (χ4n) is 2.78. The molecule has 2 N–H and O–H groups in total. The van der Waals surface area contributed by atoms with Gasteiger partial charge in [-0.1, -0.05) is 26.0 Å². The van der Waals surface area contributed by atoms with E-state index in [2.05, 4.69) is 13.8 Å². The van der Waals surface area contributed by atoms with E-state index in [0.717, 1.165) is 25.7 Å². The van der Waals surface area contributed by atoms with Crippen LogP contribution in [0.25, 0.3) is 0 Å². The van der Waals surface area contributed by atoms with E-state index in [1.165, 1.54) is 5.56 Å². The van der Waals surface area contributed by atoms with Gasteiger partial charge in [-0.05, 0) is 49.3 Å². The van der Waals surface area contributed by atoms with Gasteiger partial charge in [-0.2, -0.15) is 4.31 Å². The number of halogens is 1. The molecule has 1 atom stereocenters. The lowest BCUT2D eigenvalue weighted by atomic mass is 10.0. The summed E-state index contributed by atoms with van der Waals surface area (Å²) in [6, 6.07) is 7.29. The molecule has 22 heavy (non-hydrogen) atoms. The molecule has 1 saturated heterocycles. The van der Waals surface area contributed by atoms with Crippen molar-refractivity contribution in [2.45, 2.75) is 50.5 Å². The van der Waals surface area contributed by atoms with Crippen LogP contribution in [0.4, 0.5) is 0 Å². The van der Waals surface area contributed by atoms with Gasteiger partial charge in [0.05, 0.1) is 4.90 Å². The van der Waals surface area contributed by atoms with Crippen LogP contribution in [0.2, 0.25) is 0 Å². The maximum atomic E-state index is 12.7. The summed E-state index contributed by atoms with van der Waals surface area (Å²) in [6.45, 7) is 5.36. The van der Waals surface area contributed by atoms with Crippen molar-refractivity contribution in [3.8, 4) is 0 Å². The highest BCUT2D eigenvalue weighted by atomic mass is 35.5. The minimum atomic E-state index is -3.39. The van der Waals surface area contributed by atoms with Crippen LogP contribution in [0, 0.1) is 5.92 Å². The average Bonchev–Trinajstić information content (AvgIpc) is 2.94. The summed E-state index contributed by atoms with van der Waals surface area (Å²) in [4.78, 5) is 0.385. The lowest BCUT2D eigenvalue weighted by molar-refractivity contribution is 0.393. The van der Waals surface area contributed by atoms with Crippen LogP contribution in [-0.2, 0) is 16.4 Å². The fraction of sp³-hybridized carbons (Fsp3) is 0.625. The smallest absolute Gasteiger partial charge is 0.243 e. The zero-order valence-electron chi connectivity index (χ0n) is 13.4. The van der Waals surface area contributed by atoms with Crippen LogP contribution in [-0.4, -0.2) is 31.9 Å². The Morgan fingerprint density at radius 1 is 1.27 bits per heavy atom. The van der Waals surface area contributed by atoms with Crippen LogP contribution in [0.15, 0.2) is 29.2 Å². The van der Waals surface area contributed by atoms with Crippen molar-refractivity contribution in [1.82, 2.24) is 4.31 Å². The molecule has 1 fully saturated rings. The van der Waals surface area contributed by atoms with Gasteiger partial charge in [0.25, 0.3) is 0 Å². The predicted octanol–water partition coefficient (Wildman–Crippen LogP) is 2.81. The van der Waals surface area contributed by atoms with Gasteiger partial charge in [-0.15, -0.1) is 12.4 Å². The van der Waals surface area contributed by atoms with Crippen molar-refractivity contribution in [2.75, 3.05) is 13.1 Å². The van der Waals surface area contributed by atoms with Crippen LogP contribution in [0.5, 0.6) is 0 Å². The van der Waals surface area contributed by atoms with E-state index in [9.17, 15) is 8.42 Å². The molecule has 4 nitrogen and oxygen atoms in total. The Morgan fingerprint density at radius 2 is 1.91 bits per heavy atom. The first-order chi connectivity index (χ1) is 9.95. The van der Waals surface area contributed by atoms with Crippen LogP contribution in [0.3, 0.4) is 0 Å². The van der Waals surface area contributed by atoms with E-state index in [0.29, 0.717) is 23.9 Å². The summed E-state index contributed by atoms with van der Waals surface area (Å²) in [5, 5.41) is 0. The van der Waals surface area contributed by atoms with Gasteiger partial charge in [0.15, 0.2) is 0 Å². The van der Waals surface area contributed by atoms with E-state index in [1.54, 1.807) is 16.4 Å². The van der Waals surface area contributed by atoms with E-state index in [-0.39, 0.29) is 18.4 Å². The number of hydrogen-bond acceptors (Lipinski definition) is 3. The van der Waals surface area contributed by atoms with Gasteiger partial charge in [0, 0.05) is 19.1 Å². The minimum absolute atomic E-state index is 0. The monoisotopic (exact) mass is 346 g/mol. The molecule has 0 radical (unpaired) electrons. The molecule has 2 rings (SSSR count). The maximum Gasteiger partial charge on any atom is 0.243 e. The lowest BCUT2D eigenvalue weighted by Crippen LogP contribution is -2.39. The van der Waals surface area contributed by atoms with Gasteiger partial charge in [-0.25, -0.2) is 8.42 Å². The molecular formula is C16H27ClN2O2S. The van der Waals surface area contributed by atoms with Crippen molar-refractivity contribution in [3.05, 3.63) is 29.8 Å².